The van der Waals surface area contributed by atoms with Gasteiger partial charge in [0.1, 0.15) is 0 Å². The first-order chi connectivity index (χ1) is 22.3. The largest absolute Gasteiger partial charge is 0.411 e. The number of carbonyl (C=O) groups excluding carboxylic acids is 4. The standard InChI is InChI=1S/C31H11Br3Cl2F6N2O4/c32-14-9-20(33)24(21(34)10-14)44-26(46)17-5-2-13(8-19(17)28(44)48)29(30(37,38)39,31(40,41)42)12-1-4-16-18(7-12)27(47)43(25(16)45)23-6-3-15(35)11-22(23)36/h1-11H. The summed E-state index contributed by atoms with van der Waals surface area (Å²) >= 11 is 21.7. The number of nitrogens with zero attached hydrogens (tertiary/aromatic N) is 2. The van der Waals surface area contributed by atoms with Crippen molar-refractivity contribution in [1.82, 2.24) is 0 Å². The summed E-state index contributed by atoms with van der Waals surface area (Å²) in [7, 11) is 0. The molecule has 6 rings (SSSR count). The Morgan fingerprint density at radius 3 is 1.44 bits per heavy atom. The summed E-state index contributed by atoms with van der Waals surface area (Å²) in [5, 5.41) is -0.0386. The van der Waals surface area contributed by atoms with Gasteiger partial charge in [-0.2, -0.15) is 26.3 Å². The molecule has 4 aromatic rings. The van der Waals surface area contributed by atoms with Gasteiger partial charge < -0.3 is 0 Å². The molecule has 0 aliphatic carbocycles. The van der Waals surface area contributed by atoms with Crippen molar-refractivity contribution in [1.29, 1.82) is 0 Å². The molecule has 2 aliphatic heterocycles. The molecular weight excluding hydrogens is 889 g/mol. The van der Waals surface area contributed by atoms with E-state index in [9.17, 15) is 19.2 Å². The number of hydrogen-bond donors (Lipinski definition) is 0. The van der Waals surface area contributed by atoms with Crippen molar-refractivity contribution in [2.45, 2.75) is 17.8 Å². The zero-order valence-electron chi connectivity index (χ0n) is 23.0. The van der Waals surface area contributed by atoms with Gasteiger partial charge in [0.05, 0.1) is 38.7 Å². The number of amides is 4. The molecule has 0 saturated carbocycles. The highest BCUT2D eigenvalue weighted by atomic mass is 79.9. The molecule has 2 heterocycles. The highest BCUT2D eigenvalue weighted by Crippen LogP contribution is 2.57. The normalized spacial score (nSPS) is 15.1. The molecule has 0 saturated heterocycles. The highest BCUT2D eigenvalue weighted by molar-refractivity contribution is 9.11. The third-order valence-electron chi connectivity index (χ3n) is 7.85. The minimum Gasteiger partial charge on any atom is -0.268 e. The van der Waals surface area contributed by atoms with E-state index < -0.39 is 74.8 Å². The maximum atomic E-state index is 15.1. The third-order valence-corrected chi connectivity index (χ3v) is 10.1. The topological polar surface area (TPSA) is 74.8 Å². The fourth-order valence-corrected chi connectivity index (χ4v) is 8.87. The fraction of sp³-hybridized carbons (Fsp3) is 0.0968. The Bertz CT molecular complexity index is 2100. The predicted molar refractivity (Wildman–Crippen MR) is 174 cm³/mol. The van der Waals surface area contributed by atoms with Gasteiger partial charge in [-0.15, -0.1) is 0 Å². The van der Waals surface area contributed by atoms with Crippen molar-refractivity contribution in [3.05, 3.63) is 124 Å². The van der Waals surface area contributed by atoms with Gasteiger partial charge in [-0.25, -0.2) is 9.80 Å². The van der Waals surface area contributed by atoms with Gasteiger partial charge in [-0.1, -0.05) is 51.3 Å². The van der Waals surface area contributed by atoms with E-state index in [0.717, 1.165) is 0 Å². The van der Waals surface area contributed by atoms with Gasteiger partial charge in [-0.3, -0.25) is 19.2 Å². The number of anilines is 2. The first-order valence-corrected chi connectivity index (χ1v) is 16.2. The Morgan fingerprint density at radius 2 is 0.979 bits per heavy atom. The molecule has 0 spiro atoms. The molecule has 0 unspecified atom stereocenters. The molecular formula is C31H11Br3Cl2F6N2O4. The van der Waals surface area contributed by atoms with Crippen LogP contribution in [0.5, 0.6) is 0 Å². The second-order valence-electron chi connectivity index (χ2n) is 10.5. The van der Waals surface area contributed by atoms with E-state index >= 15 is 26.3 Å². The van der Waals surface area contributed by atoms with Crippen molar-refractivity contribution in [2.75, 3.05) is 9.80 Å². The Balaban J connectivity index is 1.53. The van der Waals surface area contributed by atoms with Gasteiger partial charge >= 0.3 is 12.4 Å². The average Bonchev–Trinajstić information content (AvgIpc) is 3.35. The molecule has 0 N–H and O–H groups in total. The smallest absolute Gasteiger partial charge is 0.268 e. The summed E-state index contributed by atoms with van der Waals surface area (Å²) in [6.07, 6.45) is -12.2. The van der Waals surface area contributed by atoms with Crippen molar-refractivity contribution in [2.24, 2.45) is 0 Å². The van der Waals surface area contributed by atoms with Crippen molar-refractivity contribution in [3.8, 4) is 0 Å². The summed E-state index contributed by atoms with van der Waals surface area (Å²) < 4.78 is 91.7. The van der Waals surface area contributed by atoms with Crippen molar-refractivity contribution < 1.29 is 45.5 Å². The molecule has 0 fully saturated rings. The average molecular weight is 900 g/mol. The summed E-state index contributed by atoms with van der Waals surface area (Å²) in [5.41, 5.74) is -10.3. The van der Waals surface area contributed by atoms with E-state index in [1.54, 1.807) is 0 Å². The lowest BCUT2D eigenvalue weighted by molar-refractivity contribution is -0.288. The van der Waals surface area contributed by atoms with E-state index in [1.165, 1.54) is 30.3 Å². The van der Waals surface area contributed by atoms with Gasteiger partial charge in [0.15, 0.2) is 0 Å². The van der Waals surface area contributed by atoms with Crippen LogP contribution in [0.15, 0.2) is 80.1 Å². The highest BCUT2D eigenvalue weighted by Gasteiger charge is 2.73. The van der Waals surface area contributed by atoms with E-state index in [2.05, 4.69) is 47.8 Å². The van der Waals surface area contributed by atoms with Crippen LogP contribution < -0.4 is 9.80 Å². The van der Waals surface area contributed by atoms with Crippen LogP contribution >= 0.6 is 71.0 Å². The molecule has 4 amide bonds. The summed E-state index contributed by atoms with van der Waals surface area (Å²) in [4.78, 5) is 54.6. The molecule has 6 nitrogen and oxygen atoms in total. The summed E-state index contributed by atoms with van der Waals surface area (Å²) in [6.45, 7) is 0. The molecule has 4 aromatic carbocycles. The maximum Gasteiger partial charge on any atom is 0.411 e. The number of hydrogen-bond acceptors (Lipinski definition) is 4. The molecule has 2 aliphatic rings. The van der Waals surface area contributed by atoms with Crippen LogP contribution in [0, 0.1) is 0 Å². The molecule has 17 heteroatoms. The van der Waals surface area contributed by atoms with E-state index in [-0.39, 0.29) is 30.4 Å². The number of halogens is 11. The van der Waals surface area contributed by atoms with Crippen molar-refractivity contribution in [3.63, 3.8) is 0 Å². The van der Waals surface area contributed by atoms with Gasteiger partial charge in [-0.05, 0) is 97.6 Å². The number of alkyl halides is 6. The first kappa shape index (κ1) is 34.6. The van der Waals surface area contributed by atoms with Crippen LogP contribution in [0.25, 0.3) is 0 Å². The number of fused-ring (bicyclic) bond motifs is 2. The molecule has 0 atom stereocenters. The van der Waals surface area contributed by atoms with Crippen LogP contribution in [-0.2, 0) is 5.41 Å². The fourth-order valence-electron chi connectivity index (χ4n) is 5.76. The molecule has 0 aromatic heterocycles. The zero-order valence-corrected chi connectivity index (χ0v) is 29.3. The minimum absolute atomic E-state index is 0.0315. The Labute approximate surface area is 301 Å². The lowest BCUT2D eigenvalue weighted by Crippen LogP contribution is -2.55. The Morgan fingerprint density at radius 1 is 0.542 bits per heavy atom. The van der Waals surface area contributed by atoms with Gasteiger partial charge in [0.25, 0.3) is 23.6 Å². The molecule has 48 heavy (non-hydrogen) atoms. The lowest BCUT2D eigenvalue weighted by Gasteiger charge is -2.38. The number of rotatable bonds is 4. The Hall–Kier alpha value is -3.24. The predicted octanol–water partition coefficient (Wildman–Crippen LogP) is 10.3. The summed E-state index contributed by atoms with van der Waals surface area (Å²) in [6, 6.07) is 9.66. The second-order valence-corrected chi connectivity index (χ2v) is 13.9. The van der Waals surface area contributed by atoms with Crippen LogP contribution in [0.4, 0.5) is 37.7 Å². The SMILES string of the molecule is O=C1c2ccc(C(c3ccc4c(c3)C(=O)N(c3c(Br)cc(Br)cc3Br)C4=O)(C(F)(F)F)C(F)(F)F)cc2C(=O)N1c1ccc(Cl)cc1Cl. The lowest BCUT2D eigenvalue weighted by atomic mass is 9.71. The molecule has 246 valence electrons. The number of carbonyl (C=O) groups is 4. The molecule has 0 bridgehead atoms. The zero-order chi connectivity index (χ0) is 35.2. The monoisotopic (exact) mass is 896 g/mol. The third kappa shape index (κ3) is 5.03. The van der Waals surface area contributed by atoms with E-state index in [1.807, 2.05) is 0 Å². The quantitative estimate of drug-likeness (QED) is 0.151. The minimum atomic E-state index is -6.12. The van der Waals surface area contributed by atoms with Crippen LogP contribution in [0.3, 0.4) is 0 Å². The maximum absolute atomic E-state index is 15.1. The van der Waals surface area contributed by atoms with E-state index in [4.69, 9.17) is 23.2 Å². The number of benzene rings is 4. The van der Waals surface area contributed by atoms with Crippen LogP contribution in [0.1, 0.15) is 52.6 Å². The second kappa shape index (κ2) is 11.7. The van der Waals surface area contributed by atoms with Gasteiger partial charge in [0, 0.05) is 18.4 Å². The van der Waals surface area contributed by atoms with Crippen LogP contribution in [-0.4, -0.2) is 36.0 Å². The first-order valence-electron chi connectivity index (χ1n) is 13.1. The molecule has 0 radical (unpaired) electrons. The van der Waals surface area contributed by atoms with Crippen LogP contribution in [0.2, 0.25) is 10.0 Å². The number of imide groups is 2. The Kier molecular flexibility index (Phi) is 8.42. The summed E-state index contributed by atoms with van der Waals surface area (Å²) in [5.74, 6) is -4.43. The van der Waals surface area contributed by atoms with E-state index in [0.29, 0.717) is 50.7 Å². The van der Waals surface area contributed by atoms with Gasteiger partial charge in [0.2, 0.25) is 5.41 Å². The van der Waals surface area contributed by atoms with Crippen molar-refractivity contribution >= 4 is 106 Å².